The Morgan fingerprint density at radius 2 is 1.80 bits per heavy atom. The number of benzene rings is 1. The molecule has 0 bridgehead atoms. The van der Waals surface area contributed by atoms with Crippen LogP contribution in [-0.4, -0.2) is 35.0 Å². The molecule has 4 heteroatoms. The number of carbonyl (C=O) groups is 2. The molecule has 0 spiro atoms. The van der Waals surface area contributed by atoms with Gasteiger partial charge in [0.1, 0.15) is 0 Å². The molecule has 1 aromatic carbocycles. The van der Waals surface area contributed by atoms with E-state index in [1.807, 2.05) is 51.1 Å². The number of carboxylic acid groups (broad SMARTS) is 1. The molecule has 0 aromatic heterocycles. The largest absolute Gasteiger partial charge is 0.481 e. The van der Waals surface area contributed by atoms with E-state index in [0.29, 0.717) is 13.1 Å². The van der Waals surface area contributed by atoms with Crippen molar-refractivity contribution in [1.82, 2.24) is 4.90 Å². The van der Waals surface area contributed by atoms with Crippen LogP contribution >= 0.6 is 0 Å². The van der Waals surface area contributed by atoms with Gasteiger partial charge in [-0.15, -0.1) is 0 Å². The molecule has 1 saturated heterocycles. The molecule has 0 radical (unpaired) electrons. The third-order valence-corrected chi connectivity index (χ3v) is 4.25. The van der Waals surface area contributed by atoms with Crippen LogP contribution in [0.5, 0.6) is 0 Å². The molecule has 20 heavy (non-hydrogen) atoms. The number of carbonyl (C=O) groups excluding carboxylic acids is 1. The normalized spacial score (nSPS) is 22.9. The van der Waals surface area contributed by atoms with E-state index in [1.165, 1.54) is 0 Å². The Morgan fingerprint density at radius 1 is 1.20 bits per heavy atom. The molecule has 1 heterocycles. The lowest BCUT2D eigenvalue weighted by Crippen LogP contribution is -2.42. The van der Waals surface area contributed by atoms with Crippen LogP contribution in [0.4, 0.5) is 0 Å². The number of nitrogens with zero attached hydrogens (tertiary/aromatic N) is 1. The molecule has 0 saturated carbocycles. The summed E-state index contributed by atoms with van der Waals surface area (Å²) < 4.78 is 0. The zero-order valence-electron chi connectivity index (χ0n) is 12.2. The van der Waals surface area contributed by atoms with Crippen molar-refractivity contribution in [2.45, 2.75) is 26.2 Å². The number of carboxylic acids is 1. The summed E-state index contributed by atoms with van der Waals surface area (Å²) in [5, 5.41) is 9.17. The zero-order valence-corrected chi connectivity index (χ0v) is 12.2. The molecule has 4 nitrogen and oxygen atoms in total. The lowest BCUT2D eigenvalue weighted by atomic mass is 9.83. The number of likely N-dealkylation sites (tertiary alicyclic amines) is 1. The minimum absolute atomic E-state index is 0.000648. The highest BCUT2D eigenvalue weighted by molar-refractivity contribution is 5.88. The molecule has 2 unspecified atom stereocenters. The zero-order chi connectivity index (χ0) is 14.9. The fourth-order valence-corrected chi connectivity index (χ4v) is 2.83. The first-order chi connectivity index (χ1) is 9.34. The predicted octanol–water partition coefficient (Wildman–Crippen LogP) is 2.14. The van der Waals surface area contributed by atoms with Crippen molar-refractivity contribution in [1.29, 1.82) is 0 Å². The molecule has 0 aliphatic carbocycles. The van der Waals surface area contributed by atoms with Crippen LogP contribution in [0.2, 0.25) is 0 Å². The van der Waals surface area contributed by atoms with Gasteiger partial charge in [-0.1, -0.05) is 37.3 Å². The van der Waals surface area contributed by atoms with Crippen LogP contribution in [0.25, 0.3) is 0 Å². The highest BCUT2D eigenvalue weighted by Gasteiger charge is 2.42. The van der Waals surface area contributed by atoms with E-state index < -0.39 is 17.3 Å². The van der Waals surface area contributed by atoms with Crippen molar-refractivity contribution in [3.05, 3.63) is 35.9 Å². The Bertz CT molecular complexity index is 510. The first-order valence-corrected chi connectivity index (χ1v) is 6.91. The Hall–Kier alpha value is -1.84. The van der Waals surface area contributed by atoms with Gasteiger partial charge in [-0.3, -0.25) is 9.59 Å². The van der Waals surface area contributed by atoms with Crippen LogP contribution in [0.3, 0.4) is 0 Å². The van der Waals surface area contributed by atoms with E-state index in [-0.39, 0.29) is 11.8 Å². The molecule has 1 aliphatic rings. The maximum atomic E-state index is 12.7. The van der Waals surface area contributed by atoms with Crippen molar-refractivity contribution in [3.8, 4) is 0 Å². The van der Waals surface area contributed by atoms with E-state index in [9.17, 15) is 9.59 Å². The summed E-state index contributed by atoms with van der Waals surface area (Å²) in [5.74, 6) is -1.27. The van der Waals surface area contributed by atoms with Crippen LogP contribution in [0.15, 0.2) is 30.3 Å². The average molecular weight is 275 g/mol. The third kappa shape index (κ3) is 2.55. The molecular weight excluding hydrogens is 254 g/mol. The van der Waals surface area contributed by atoms with Gasteiger partial charge in [-0.2, -0.15) is 0 Å². The molecule has 2 rings (SSSR count). The Labute approximate surface area is 119 Å². The molecular formula is C16H21NO3. The van der Waals surface area contributed by atoms with Crippen LogP contribution < -0.4 is 0 Å². The standard InChI is InChI=1S/C16H21NO3/c1-11-9-17(10-13(11)14(18)19)15(20)16(2,3)12-7-5-4-6-8-12/h4-8,11,13H,9-10H2,1-3H3,(H,18,19). The Morgan fingerprint density at radius 3 is 2.30 bits per heavy atom. The van der Waals surface area contributed by atoms with Crippen molar-refractivity contribution < 1.29 is 14.7 Å². The summed E-state index contributed by atoms with van der Waals surface area (Å²) in [5.41, 5.74) is 0.324. The SMILES string of the molecule is CC1CN(C(=O)C(C)(C)c2ccccc2)CC1C(=O)O. The molecule has 2 atom stereocenters. The lowest BCUT2D eigenvalue weighted by molar-refractivity contribution is -0.142. The summed E-state index contributed by atoms with van der Waals surface area (Å²) >= 11 is 0. The quantitative estimate of drug-likeness (QED) is 0.919. The van der Waals surface area contributed by atoms with Gasteiger partial charge in [-0.05, 0) is 25.3 Å². The summed E-state index contributed by atoms with van der Waals surface area (Å²) in [6.07, 6.45) is 0. The average Bonchev–Trinajstić information content (AvgIpc) is 2.81. The van der Waals surface area contributed by atoms with E-state index in [4.69, 9.17) is 5.11 Å². The second kappa shape index (κ2) is 5.27. The highest BCUT2D eigenvalue weighted by atomic mass is 16.4. The topological polar surface area (TPSA) is 57.6 Å². The molecule has 1 fully saturated rings. The first-order valence-electron chi connectivity index (χ1n) is 6.91. The summed E-state index contributed by atoms with van der Waals surface area (Å²) in [4.78, 5) is 25.6. The van der Waals surface area contributed by atoms with Gasteiger partial charge in [0.05, 0.1) is 11.3 Å². The van der Waals surface area contributed by atoms with Gasteiger partial charge < -0.3 is 10.0 Å². The number of amides is 1. The van der Waals surface area contributed by atoms with Crippen molar-refractivity contribution >= 4 is 11.9 Å². The highest BCUT2D eigenvalue weighted by Crippen LogP contribution is 2.30. The number of rotatable bonds is 3. The van der Waals surface area contributed by atoms with E-state index >= 15 is 0 Å². The number of hydrogen-bond acceptors (Lipinski definition) is 2. The van der Waals surface area contributed by atoms with Gasteiger partial charge >= 0.3 is 5.97 Å². The van der Waals surface area contributed by atoms with Gasteiger partial charge in [0.2, 0.25) is 5.91 Å². The van der Waals surface area contributed by atoms with E-state index in [2.05, 4.69) is 0 Å². The van der Waals surface area contributed by atoms with Gasteiger partial charge in [-0.25, -0.2) is 0 Å². The number of aliphatic carboxylic acids is 1. The van der Waals surface area contributed by atoms with Gasteiger partial charge in [0.25, 0.3) is 0 Å². The van der Waals surface area contributed by atoms with Crippen molar-refractivity contribution in [3.63, 3.8) is 0 Å². The maximum Gasteiger partial charge on any atom is 0.308 e. The van der Waals surface area contributed by atoms with Crippen molar-refractivity contribution in [2.24, 2.45) is 11.8 Å². The summed E-state index contributed by atoms with van der Waals surface area (Å²) in [6.45, 7) is 6.51. The predicted molar refractivity (Wildman–Crippen MR) is 76.3 cm³/mol. The summed E-state index contributed by atoms with van der Waals surface area (Å²) in [6, 6.07) is 9.62. The second-order valence-electron chi connectivity index (χ2n) is 6.12. The summed E-state index contributed by atoms with van der Waals surface area (Å²) in [7, 11) is 0. The molecule has 108 valence electrons. The number of hydrogen-bond donors (Lipinski definition) is 1. The smallest absolute Gasteiger partial charge is 0.308 e. The second-order valence-corrected chi connectivity index (χ2v) is 6.12. The van der Waals surface area contributed by atoms with Gasteiger partial charge in [0.15, 0.2) is 0 Å². The Balaban J connectivity index is 2.18. The lowest BCUT2D eigenvalue weighted by Gasteiger charge is -2.29. The monoisotopic (exact) mass is 275 g/mol. The van der Waals surface area contributed by atoms with Crippen LogP contribution in [0, 0.1) is 11.8 Å². The fourth-order valence-electron chi connectivity index (χ4n) is 2.83. The van der Waals surface area contributed by atoms with Crippen LogP contribution in [-0.2, 0) is 15.0 Å². The van der Waals surface area contributed by atoms with Crippen LogP contribution in [0.1, 0.15) is 26.3 Å². The molecule has 1 aliphatic heterocycles. The Kier molecular flexibility index (Phi) is 3.84. The fraction of sp³-hybridized carbons (Fsp3) is 0.500. The first kappa shape index (κ1) is 14.6. The minimum Gasteiger partial charge on any atom is -0.481 e. The molecule has 1 aromatic rings. The maximum absolute atomic E-state index is 12.7. The van der Waals surface area contributed by atoms with Gasteiger partial charge in [0, 0.05) is 13.1 Å². The minimum atomic E-state index is -0.815. The molecule has 1 amide bonds. The van der Waals surface area contributed by atoms with E-state index in [1.54, 1.807) is 4.90 Å². The molecule has 1 N–H and O–H groups in total. The van der Waals surface area contributed by atoms with Crippen molar-refractivity contribution in [2.75, 3.05) is 13.1 Å². The third-order valence-electron chi connectivity index (χ3n) is 4.25. The van der Waals surface area contributed by atoms with E-state index in [0.717, 1.165) is 5.56 Å².